The van der Waals surface area contributed by atoms with Gasteiger partial charge in [-0.3, -0.25) is 0 Å². The van der Waals surface area contributed by atoms with E-state index in [1.807, 2.05) is 0 Å². The first kappa shape index (κ1) is 10.8. The lowest BCUT2D eigenvalue weighted by Crippen LogP contribution is -2.15. The van der Waals surface area contributed by atoms with Crippen LogP contribution in [0.15, 0.2) is 16.5 Å². The maximum absolute atomic E-state index is 9.52. The smallest absolute Gasteiger partial charge is 0.172 e. The van der Waals surface area contributed by atoms with Crippen LogP contribution < -0.4 is 0 Å². The number of furan rings is 1. The molecule has 0 unspecified atom stereocenters. The third kappa shape index (κ3) is 3.25. The number of rotatable bonds is 1. The molecular formula is C11H14O3. The average molecular weight is 194 g/mol. The monoisotopic (exact) mass is 194 g/mol. The second-order valence-corrected chi connectivity index (χ2v) is 3.68. The number of aliphatic hydroxyl groups excluding tert-OH is 1. The summed E-state index contributed by atoms with van der Waals surface area (Å²) in [5.41, 5.74) is -1.09. The highest BCUT2D eigenvalue weighted by Crippen LogP contribution is 2.15. The van der Waals surface area contributed by atoms with Crippen molar-refractivity contribution in [1.29, 1.82) is 0 Å². The molecule has 14 heavy (non-hydrogen) atoms. The Balaban J connectivity index is 2.75. The first-order chi connectivity index (χ1) is 6.38. The minimum atomic E-state index is -1.09. The van der Waals surface area contributed by atoms with Crippen molar-refractivity contribution in [1.82, 2.24) is 0 Å². The maximum Gasteiger partial charge on any atom is 0.172 e. The minimum absolute atomic E-state index is 0.402. The number of aryl methyl sites for hydroxylation is 1. The molecule has 3 nitrogen and oxygen atoms in total. The minimum Gasteiger partial charge on any atom is -0.463 e. The van der Waals surface area contributed by atoms with E-state index in [4.69, 9.17) is 4.42 Å². The van der Waals surface area contributed by atoms with Crippen LogP contribution in [0.2, 0.25) is 0 Å². The molecule has 1 heterocycles. The second kappa shape index (κ2) is 3.87. The van der Waals surface area contributed by atoms with Crippen LogP contribution in [-0.2, 0) is 0 Å². The summed E-state index contributed by atoms with van der Waals surface area (Å²) in [7, 11) is 0. The topological polar surface area (TPSA) is 53.6 Å². The molecule has 0 saturated carbocycles. The van der Waals surface area contributed by atoms with Crippen molar-refractivity contribution < 1.29 is 14.6 Å². The summed E-state index contributed by atoms with van der Waals surface area (Å²) in [6.45, 7) is 4.90. The zero-order valence-corrected chi connectivity index (χ0v) is 8.53. The van der Waals surface area contributed by atoms with Crippen LogP contribution >= 0.6 is 0 Å². The summed E-state index contributed by atoms with van der Waals surface area (Å²) in [4.78, 5) is 0. The summed E-state index contributed by atoms with van der Waals surface area (Å²) < 4.78 is 5.18. The van der Waals surface area contributed by atoms with E-state index in [2.05, 4.69) is 11.8 Å². The van der Waals surface area contributed by atoms with Crippen molar-refractivity contribution in [3.63, 3.8) is 0 Å². The number of hydrogen-bond acceptors (Lipinski definition) is 3. The van der Waals surface area contributed by atoms with E-state index in [-0.39, 0.29) is 0 Å². The van der Waals surface area contributed by atoms with Gasteiger partial charge in [-0.2, -0.15) is 0 Å². The molecule has 0 aromatic carbocycles. The molecule has 0 amide bonds. The first-order valence-corrected chi connectivity index (χ1v) is 4.38. The van der Waals surface area contributed by atoms with E-state index in [1.54, 1.807) is 32.9 Å². The summed E-state index contributed by atoms with van der Waals surface area (Å²) in [6.07, 6.45) is -0.977. The molecule has 0 aliphatic carbocycles. The van der Waals surface area contributed by atoms with Crippen molar-refractivity contribution in [2.45, 2.75) is 32.5 Å². The number of hydrogen-bond donors (Lipinski definition) is 2. The highest BCUT2D eigenvalue weighted by Gasteiger charge is 2.10. The molecule has 76 valence electrons. The fourth-order valence-electron chi connectivity index (χ4n) is 0.916. The van der Waals surface area contributed by atoms with Gasteiger partial charge in [-0.15, -0.1) is 0 Å². The Kier molecular flexibility index (Phi) is 3.00. The predicted octanol–water partition coefficient (Wildman–Crippen LogP) is 1.40. The summed E-state index contributed by atoms with van der Waals surface area (Å²) >= 11 is 0. The largest absolute Gasteiger partial charge is 0.463 e. The SMILES string of the molecule is Cc1ccc([C@H](O)C#CC(C)(C)O)o1. The van der Waals surface area contributed by atoms with Crippen molar-refractivity contribution in [2.75, 3.05) is 0 Å². The van der Waals surface area contributed by atoms with Gasteiger partial charge in [0.05, 0.1) is 0 Å². The Morgan fingerprint density at radius 2 is 2.07 bits per heavy atom. The molecule has 0 fully saturated rings. The van der Waals surface area contributed by atoms with Crippen LogP contribution in [0.3, 0.4) is 0 Å². The van der Waals surface area contributed by atoms with Crippen molar-refractivity contribution in [3.05, 3.63) is 23.7 Å². The first-order valence-electron chi connectivity index (χ1n) is 4.38. The van der Waals surface area contributed by atoms with Gasteiger partial charge >= 0.3 is 0 Å². The van der Waals surface area contributed by atoms with E-state index in [0.29, 0.717) is 5.76 Å². The standard InChI is InChI=1S/C11H14O3/c1-8-4-5-10(14-8)9(12)6-7-11(2,3)13/h4-5,9,12-13H,1-3H3/t9-/m1/s1. The lowest BCUT2D eigenvalue weighted by Gasteiger charge is -2.07. The molecule has 0 aliphatic rings. The maximum atomic E-state index is 9.52. The van der Waals surface area contributed by atoms with Gasteiger partial charge in [-0.05, 0) is 32.9 Å². The van der Waals surface area contributed by atoms with Gasteiger partial charge in [-0.25, -0.2) is 0 Å². The van der Waals surface area contributed by atoms with Gasteiger partial charge in [-0.1, -0.05) is 11.8 Å². The zero-order valence-electron chi connectivity index (χ0n) is 8.53. The highest BCUT2D eigenvalue weighted by molar-refractivity contribution is 5.20. The summed E-state index contributed by atoms with van der Waals surface area (Å²) in [5, 5.41) is 18.8. The van der Waals surface area contributed by atoms with Gasteiger partial charge in [0.2, 0.25) is 0 Å². The normalized spacial score (nSPS) is 13.2. The molecular weight excluding hydrogens is 180 g/mol. The molecule has 2 N–H and O–H groups in total. The molecule has 0 aliphatic heterocycles. The van der Waals surface area contributed by atoms with E-state index in [9.17, 15) is 10.2 Å². The van der Waals surface area contributed by atoms with Gasteiger partial charge in [0.25, 0.3) is 0 Å². The quantitative estimate of drug-likeness (QED) is 0.664. The molecule has 0 radical (unpaired) electrons. The third-order valence-corrected chi connectivity index (χ3v) is 1.55. The average Bonchev–Trinajstić information content (AvgIpc) is 2.46. The van der Waals surface area contributed by atoms with E-state index in [1.165, 1.54) is 0 Å². The molecule has 1 rings (SSSR count). The lowest BCUT2D eigenvalue weighted by atomic mass is 10.1. The van der Waals surface area contributed by atoms with E-state index in [0.717, 1.165) is 5.76 Å². The molecule has 1 aromatic heterocycles. The Labute approximate surface area is 83.4 Å². The van der Waals surface area contributed by atoms with Crippen molar-refractivity contribution in [2.24, 2.45) is 0 Å². The molecule has 3 heteroatoms. The Morgan fingerprint density at radius 3 is 2.50 bits per heavy atom. The Morgan fingerprint density at radius 1 is 1.43 bits per heavy atom. The van der Waals surface area contributed by atoms with Gasteiger partial charge < -0.3 is 14.6 Å². The summed E-state index contributed by atoms with van der Waals surface area (Å²) in [5.74, 6) is 6.17. The molecule has 0 bridgehead atoms. The molecule has 0 spiro atoms. The van der Waals surface area contributed by atoms with Gasteiger partial charge in [0, 0.05) is 0 Å². The van der Waals surface area contributed by atoms with Crippen molar-refractivity contribution in [3.8, 4) is 11.8 Å². The van der Waals surface area contributed by atoms with Gasteiger partial charge in [0.15, 0.2) is 6.10 Å². The van der Waals surface area contributed by atoms with Crippen LogP contribution in [0, 0.1) is 18.8 Å². The highest BCUT2D eigenvalue weighted by atomic mass is 16.4. The van der Waals surface area contributed by atoms with E-state index >= 15 is 0 Å². The van der Waals surface area contributed by atoms with Crippen LogP contribution in [0.5, 0.6) is 0 Å². The van der Waals surface area contributed by atoms with Crippen molar-refractivity contribution >= 4 is 0 Å². The predicted molar refractivity (Wildman–Crippen MR) is 52.5 cm³/mol. The van der Waals surface area contributed by atoms with Crippen LogP contribution in [0.25, 0.3) is 0 Å². The van der Waals surface area contributed by atoms with Crippen LogP contribution in [-0.4, -0.2) is 15.8 Å². The Bertz CT molecular complexity index is 360. The molecule has 1 aromatic rings. The van der Waals surface area contributed by atoms with Crippen LogP contribution in [0.4, 0.5) is 0 Å². The zero-order chi connectivity index (χ0) is 10.8. The third-order valence-electron chi connectivity index (χ3n) is 1.55. The van der Waals surface area contributed by atoms with Gasteiger partial charge in [0.1, 0.15) is 17.1 Å². The fourth-order valence-corrected chi connectivity index (χ4v) is 0.916. The number of aliphatic hydroxyl groups is 2. The fraction of sp³-hybridized carbons (Fsp3) is 0.455. The van der Waals surface area contributed by atoms with Crippen LogP contribution in [0.1, 0.15) is 31.5 Å². The molecule has 0 saturated heterocycles. The molecule has 1 atom stereocenters. The second-order valence-electron chi connectivity index (χ2n) is 3.68. The Hall–Kier alpha value is -1.24. The van der Waals surface area contributed by atoms with E-state index < -0.39 is 11.7 Å². The summed E-state index contributed by atoms with van der Waals surface area (Å²) in [6, 6.07) is 3.42. The lowest BCUT2D eigenvalue weighted by molar-refractivity contribution is 0.142.